The topological polar surface area (TPSA) is 125 Å². The summed E-state index contributed by atoms with van der Waals surface area (Å²) in [5.41, 5.74) is 0.702. The van der Waals surface area contributed by atoms with Gasteiger partial charge < -0.3 is 20.8 Å². The molecule has 1 saturated heterocycles. The van der Waals surface area contributed by atoms with Crippen LogP contribution in [0.1, 0.15) is 0 Å². The Hall–Kier alpha value is -1.62. The molecule has 0 bridgehead atoms. The van der Waals surface area contributed by atoms with E-state index in [4.69, 9.17) is 11.6 Å². The van der Waals surface area contributed by atoms with Crippen LogP contribution in [0, 0.1) is 0 Å². The molecule has 4 N–H and O–H groups in total. The quantitative estimate of drug-likeness (QED) is 0.535. The van der Waals surface area contributed by atoms with Crippen LogP contribution in [0.3, 0.4) is 0 Å². The van der Waals surface area contributed by atoms with E-state index in [-0.39, 0.29) is 11.0 Å². The molecule has 1 aliphatic rings. The van der Waals surface area contributed by atoms with Crippen LogP contribution in [0.5, 0.6) is 0 Å². The molecular formula is C12H15ClN6O3S. The predicted octanol–water partition coefficient (Wildman–Crippen LogP) is -0.611. The number of hydrogen-bond acceptors (Lipinski definition) is 8. The summed E-state index contributed by atoms with van der Waals surface area (Å²) in [5.74, 6) is 0.141. The van der Waals surface area contributed by atoms with E-state index >= 15 is 0 Å². The van der Waals surface area contributed by atoms with E-state index in [1.807, 2.05) is 0 Å². The fourth-order valence-electron chi connectivity index (χ4n) is 2.64. The Labute approximate surface area is 140 Å². The molecule has 2 aromatic rings. The molecule has 3 rings (SSSR count). The Morgan fingerprint density at radius 3 is 2.78 bits per heavy atom. The van der Waals surface area contributed by atoms with Crippen molar-refractivity contribution in [1.82, 2.24) is 24.8 Å². The number of anilines is 1. The lowest BCUT2D eigenvalue weighted by molar-refractivity contribution is -0.131. The van der Waals surface area contributed by atoms with Crippen LogP contribution in [0.4, 0.5) is 5.82 Å². The maximum atomic E-state index is 12.5. The van der Waals surface area contributed by atoms with Crippen molar-refractivity contribution >= 4 is 46.3 Å². The standard InChI is InChI=1S/C12H15ClN6O3S/c1-14-8-6-9(18-11(13)17-8)19(4-16-6)12(10(22)15-2)7(21)5(20)3-23-12/h4-5,7,20-21H,3H2,1-2H3,(H,15,22)(H,14,17,18)/t5-,7-,12+/m0/s1. The van der Waals surface area contributed by atoms with Gasteiger partial charge in [-0.1, -0.05) is 0 Å². The number of nitrogens with one attached hydrogen (secondary N) is 2. The molecule has 0 saturated carbocycles. The number of fused-ring (bicyclic) bond motifs is 1. The molecule has 1 fully saturated rings. The van der Waals surface area contributed by atoms with E-state index in [1.165, 1.54) is 17.9 Å². The second-order valence-electron chi connectivity index (χ2n) is 4.98. The zero-order valence-corrected chi connectivity index (χ0v) is 13.9. The smallest absolute Gasteiger partial charge is 0.259 e. The van der Waals surface area contributed by atoms with Crippen LogP contribution in [-0.4, -0.2) is 67.7 Å². The highest BCUT2D eigenvalue weighted by atomic mass is 35.5. The van der Waals surface area contributed by atoms with E-state index < -0.39 is 23.0 Å². The van der Waals surface area contributed by atoms with Crippen LogP contribution >= 0.6 is 23.4 Å². The Bertz CT molecular complexity index is 771. The average Bonchev–Trinajstić information content (AvgIpc) is 3.09. The highest BCUT2D eigenvalue weighted by Gasteiger charge is 2.56. The third-order valence-corrected chi connectivity index (χ3v) is 5.50. The van der Waals surface area contributed by atoms with E-state index in [2.05, 4.69) is 25.6 Å². The van der Waals surface area contributed by atoms with Gasteiger partial charge in [0.1, 0.15) is 6.10 Å². The number of imidazole rings is 1. The molecule has 2 aromatic heterocycles. The molecule has 1 aliphatic heterocycles. The van der Waals surface area contributed by atoms with Gasteiger partial charge in [-0.2, -0.15) is 9.97 Å². The number of aromatic nitrogens is 4. The highest BCUT2D eigenvalue weighted by molar-refractivity contribution is 8.01. The van der Waals surface area contributed by atoms with Crippen molar-refractivity contribution in [1.29, 1.82) is 0 Å². The monoisotopic (exact) mass is 358 g/mol. The molecule has 0 unspecified atom stereocenters. The first kappa shape index (κ1) is 16.2. The van der Waals surface area contributed by atoms with Gasteiger partial charge in [-0.25, -0.2) is 4.98 Å². The number of aliphatic hydroxyl groups excluding tert-OH is 2. The lowest BCUT2D eigenvalue weighted by Crippen LogP contribution is -2.53. The zero-order valence-electron chi connectivity index (χ0n) is 12.3. The van der Waals surface area contributed by atoms with Crippen molar-refractivity contribution in [3.05, 3.63) is 11.6 Å². The SMILES string of the molecule is CNC(=O)[C@]1(n2cnc3c(NC)nc(Cl)nc32)SC[C@H](O)[C@@H]1O. The van der Waals surface area contributed by atoms with Crippen LogP contribution in [0.25, 0.3) is 11.2 Å². The maximum absolute atomic E-state index is 12.5. The van der Waals surface area contributed by atoms with Crippen molar-refractivity contribution in [2.24, 2.45) is 0 Å². The molecule has 0 aromatic carbocycles. The van der Waals surface area contributed by atoms with Crippen molar-refractivity contribution in [3.8, 4) is 0 Å². The summed E-state index contributed by atoms with van der Waals surface area (Å²) in [6.07, 6.45) is -0.979. The van der Waals surface area contributed by atoms with Crippen molar-refractivity contribution in [2.45, 2.75) is 17.1 Å². The number of aliphatic hydroxyl groups is 2. The first-order valence-electron chi connectivity index (χ1n) is 6.76. The summed E-state index contributed by atoms with van der Waals surface area (Å²) in [6, 6.07) is 0. The van der Waals surface area contributed by atoms with Gasteiger partial charge in [0.2, 0.25) is 10.2 Å². The van der Waals surface area contributed by atoms with E-state index in [1.54, 1.807) is 7.05 Å². The van der Waals surface area contributed by atoms with Crippen LogP contribution in [-0.2, 0) is 9.67 Å². The van der Waals surface area contributed by atoms with Crippen LogP contribution < -0.4 is 10.6 Å². The Kier molecular flexibility index (Phi) is 4.08. The second-order valence-corrected chi connectivity index (χ2v) is 6.56. The number of thioether (sulfide) groups is 1. The number of hydrogen-bond donors (Lipinski definition) is 4. The minimum Gasteiger partial charge on any atom is -0.389 e. The molecule has 23 heavy (non-hydrogen) atoms. The van der Waals surface area contributed by atoms with Crippen LogP contribution in [0.15, 0.2) is 6.33 Å². The van der Waals surface area contributed by atoms with Crippen molar-refractivity contribution in [2.75, 3.05) is 25.2 Å². The molecule has 9 nitrogen and oxygen atoms in total. The molecule has 3 atom stereocenters. The number of rotatable bonds is 3. The van der Waals surface area contributed by atoms with Gasteiger partial charge in [0.15, 0.2) is 17.0 Å². The van der Waals surface area contributed by atoms with Gasteiger partial charge in [0, 0.05) is 19.8 Å². The van der Waals surface area contributed by atoms with Gasteiger partial charge in [-0.05, 0) is 11.6 Å². The molecule has 11 heteroatoms. The summed E-state index contributed by atoms with van der Waals surface area (Å²) in [7, 11) is 3.12. The Morgan fingerprint density at radius 2 is 2.22 bits per heavy atom. The third-order valence-electron chi connectivity index (χ3n) is 3.76. The number of nitrogens with zero attached hydrogens (tertiary/aromatic N) is 4. The van der Waals surface area contributed by atoms with Gasteiger partial charge in [0.05, 0.1) is 12.4 Å². The molecule has 0 radical (unpaired) electrons. The summed E-state index contributed by atoms with van der Waals surface area (Å²) >= 11 is 7.06. The van der Waals surface area contributed by atoms with Gasteiger partial charge in [0.25, 0.3) is 5.91 Å². The summed E-state index contributed by atoms with van der Waals surface area (Å²) in [5, 5.41) is 25.8. The Balaban J connectivity index is 2.28. The number of likely N-dealkylation sites (N-methyl/N-ethyl adjacent to an activating group) is 1. The summed E-state index contributed by atoms with van der Waals surface area (Å²) in [6.45, 7) is 0. The van der Waals surface area contributed by atoms with E-state index in [9.17, 15) is 15.0 Å². The average molecular weight is 359 g/mol. The molecule has 0 spiro atoms. The second kappa shape index (κ2) is 5.78. The number of amides is 1. The number of carbonyl (C=O) groups is 1. The number of halogens is 1. The summed E-state index contributed by atoms with van der Waals surface area (Å²) in [4.78, 5) is 23.4. The van der Waals surface area contributed by atoms with Gasteiger partial charge >= 0.3 is 0 Å². The third kappa shape index (κ3) is 2.24. The normalized spacial score (nSPS) is 27.3. The molecule has 0 aliphatic carbocycles. The van der Waals surface area contributed by atoms with Crippen LogP contribution in [0.2, 0.25) is 5.28 Å². The molecule has 1 amide bonds. The highest BCUT2D eigenvalue weighted by Crippen LogP contribution is 2.44. The minimum absolute atomic E-state index is 0.0197. The Morgan fingerprint density at radius 1 is 1.48 bits per heavy atom. The summed E-state index contributed by atoms with van der Waals surface area (Å²) < 4.78 is 1.43. The molecule has 3 heterocycles. The first-order valence-corrected chi connectivity index (χ1v) is 8.13. The largest absolute Gasteiger partial charge is 0.389 e. The van der Waals surface area contributed by atoms with E-state index in [0.717, 1.165) is 11.8 Å². The molecule has 124 valence electrons. The van der Waals surface area contributed by atoms with Crippen molar-refractivity contribution < 1.29 is 15.0 Å². The zero-order chi connectivity index (χ0) is 16.8. The lowest BCUT2D eigenvalue weighted by atomic mass is 10.1. The predicted molar refractivity (Wildman–Crippen MR) is 86.4 cm³/mol. The first-order chi connectivity index (χ1) is 11.0. The van der Waals surface area contributed by atoms with Gasteiger partial charge in [-0.15, -0.1) is 11.8 Å². The van der Waals surface area contributed by atoms with Crippen molar-refractivity contribution in [3.63, 3.8) is 0 Å². The minimum atomic E-state index is -1.48. The fraction of sp³-hybridized carbons (Fsp3) is 0.500. The maximum Gasteiger partial charge on any atom is 0.259 e. The van der Waals surface area contributed by atoms with Gasteiger partial charge in [-0.3, -0.25) is 9.36 Å². The lowest BCUT2D eigenvalue weighted by Gasteiger charge is -2.31. The fourth-order valence-corrected chi connectivity index (χ4v) is 4.25. The van der Waals surface area contributed by atoms with E-state index in [0.29, 0.717) is 17.0 Å². The molecular weight excluding hydrogens is 344 g/mol. The number of carbonyl (C=O) groups excluding carboxylic acids is 1.